The summed E-state index contributed by atoms with van der Waals surface area (Å²) in [4.78, 5) is 117. The van der Waals surface area contributed by atoms with Crippen LogP contribution in [0.4, 0.5) is 0 Å². The molecule has 0 spiro atoms. The Balaban J connectivity index is -0.000000322. The number of esters is 8. The quantitative estimate of drug-likeness (QED) is 0.0141. The predicted molar refractivity (Wildman–Crippen MR) is 476 cm³/mol. The fourth-order valence-corrected chi connectivity index (χ4v) is 7.90. The van der Waals surface area contributed by atoms with Crippen molar-refractivity contribution in [3.8, 4) is 5.75 Å². The average molecular weight is 1790 g/mol. The fourth-order valence-electron chi connectivity index (χ4n) is 7.90. The van der Waals surface area contributed by atoms with Crippen molar-refractivity contribution in [1.82, 2.24) is 0 Å². The maximum atomic E-state index is 12.5. The zero-order valence-corrected chi connectivity index (χ0v) is 83.4. The molecule has 0 aliphatic rings. The highest BCUT2D eigenvalue weighted by Gasteiger charge is 2.34. The van der Waals surface area contributed by atoms with E-state index in [1.165, 1.54) is 0 Å². The molecule has 0 atom stereocenters. The van der Waals surface area contributed by atoms with Crippen LogP contribution in [-0.2, 0) is 78.1 Å². The van der Waals surface area contributed by atoms with Crippen molar-refractivity contribution in [1.29, 1.82) is 0 Å². The lowest BCUT2D eigenvalue weighted by Crippen LogP contribution is -3.00. The first kappa shape index (κ1) is 124. The summed E-state index contributed by atoms with van der Waals surface area (Å²) in [6.07, 6.45) is 6.21. The number of carbonyl (C=O) groups excluding carboxylic acids is 10. The third kappa shape index (κ3) is 54.1. The Labute approximate surface area is 747 Å². The van der Waals surface area contributed by atoms with E-state index in [0.717, 1.165) is 74.6 Å². The highest BCUT2D eigenvalue weighted by atomic mass is 79.9. The van der Waals surface area contributed by atoms with Gasteiger partial charge < -0.3 is 86.5 Å². The van der Waals surface area contributed by atoms with Crippen molar-refractivity contribution in [2.24, 2.45) is 43.3 Å². The van der Waals surface area contributed by atoms with Gasteiger partial charge in [0, 0.05) is 27.8 Å². The summed E-state index contributed by atoms with van der Waals surface area (Å²) in [6, 6.07) is 32.8. The number of hydrogen-bond acceptors (Lipinski definition) is 20. The lowest BCUT2D eigenvalue weighted by molar-refractivity contribution is -0.903. The summed E-state index contributed by atoms with van der Waals surface area (Å²) in [5, 5.41) is 16.8. The van der Waals surface area contributed by atoms with Crippen LogP contribution in [0.3, 0.4) is 0 Å². The monoisotopic (exact) mass is 1790 g/mol. The van der Waals surface area contributed by atoms with E-state index in [4.69, 9.17) is 48.1 Å². The Morgan fingerprint density at radius 1 is 0.314 bits per heavy atom. The number of quaternary nitrogens is 2. The molecular weight excluding hydrogens is 1630 g/mol. The van der Waals surface area contributed by atoms with Gasteiger partial charge in [-0.1, -0.05) is 140 Å². The molecule has 24 heteroatoms. The van der Waals surface area contributed by atoms with Crippen molar-refractivity contribution in [2.75, 3.05) is 88.0 Å². The Bertz CT molecular complexity index is 3480. The smallest absolute Gasteiger partial charge is 0.316 e. The minimum atomic E-state index is -0.515. The molecule has 0 fully saturated rings. The largest absolute Gasteiger partial charge is 1.00 e. The number of ketones is 2. The lowest BCUT2D eigenvalue weighted by atomic mass is 9.91. The molecule has 121 heavy (non-hydrogen) atoms. The van der Waals surface area contributed by atoms with Crippen LogP contribution in [0.25, 0.3) is 0 Å². The van der Waals surface area contributed by atoms with Gasteiger partial charge in [-0.15, -0.1) is 0 Å². The van der Waals surface area contributed by atoms with Crippen LogP contribution >= 0.6 is 0 Å². The second kappa shape index (κ2) is 60.2. The maximum absolute atomic E-state index is 12.5. The molecule has 4 aromatic carbocycles. The molecule has 0 saturated carbocycles. The molecule has 4 aromatic rings. The standard InChI is InChI=1S/C24H32NO3.C19H20O3.C11H24NO2.3C9H18O2.2C8H16O3.BrH.ClH/c1-6-24(2,3)23(27)28-17-16-25(4,5)18-19-12-14-21(15-13-19)22(26)20-10-8-7-9-11-20;1-4-19(2,3)18(21)22-16-12-10-15(11-13-16)17(20)14-8-6-5-7-9-14;1-7-11(2,3)10(13)14-9-8-12(4,5)6;3*1-6-9(4,5)8(10)11-7(2)3;2*1-4-8(2,3)7(10)11-6-5-9;;/h7-15H,6,16-18H2,1-5H3;5-13H,4H2,1-3H3;7-9H2,1-6H3;3*7H,6H2,1-5H3;2*9H,4-6H2,1-3H3;2*1H/q+1;;+1;;;;;;;/p-2. The van der Waals surface area contributed by atoms with Crippen molar-refractivity contribution < 1.29 is 134 Å². The molecular formula is C97H162BrClN2O20. The summed E-state index contributed by atoms with van der Waals surface area (Å²) in [5.74, 6) is -0.845. The average Bonchev–Trinajstić information content (AvgIpc) is 0.842. The summed E-state index contributed by atoms with van der Waals surface area (Å²) >= 11 is 0. The van der Waals surface area contributed by atoms with Crippen LogP contribution in [0.1, 0.15) is 296 Å². The van der Waals surface area contributed by atoms with Gasteiger partial charge in [0.1, 0.15) is 51.8 Å². The summed E-state index contributed by atoms with van der Waals surface area (Å²) in [7, 11) is 10.5. The number of hydrogen-bond donors (Lipinski definition) is 2. The number of likely N-dealkylation sites (N-methyl/N-ethyl adjacent to an activating group) is 2. The van der Waals surface area contributed by atoms with Gasteiger partial charge in [-0.3, -0.25) is 47.9 Å². The molecule has 0 aromatic heterocycles. The molecule has 0 radical (unpaired) electrons. The number of aliphatic hydroxyl groups excluding tert-OH is 2. The number of aliphatic hydroxyl groups is 2. The van der Waals surface area contributed by atoms with E-state index in [9.17, 15) is 47.9 Å². The third-order valence-corrected chi connectivity index (χ3v) is 20.3. The van der Waals surface area contributed by atoms with E-state index in [1.54, 1.807) is 36.4 Å². The molecule has 0 unspecified atom stereocenters. The number of rotatable bonds is 36. The van der Waals surface area contributed by atoms with Crippen LogP contribution in [0.15, 0.2) is 109 Å². The summed E-state index contributed by atoms with van der Waals surface area (Å²) < 4.78 is 42.3. The zero-order valence-electron chi connectivity index (χ0n) is 81.0. The first-order valence-electron chi connectivity index (χ1n) is 42.3. The molecule has 0 aliphatic heterocycles. The number of ether oxygens (including phenoxy) is 8. The highest BCUT2D eigenvalue weighted by Crippen LogP contribution is 2.29. The highest BCUT2D eigenvalue weighted by molar-refractivity contribution is 6.09. The van der Waals surface area contributed by atoms with E-state index in [-0.39, 0.29) is 155 Å². The Kier molecular flexibility index (Phi) is 61.9. The first-order valence-corrected chi connectivity index (χ1v) is 42.3. The number of benzene rings is 4. The van der Waals surface area contributed by atoms with Gasteiger partial charge in [0.25, 0.3) is 0 Å². The van der Waals surface area contributed by atoms with E-state index in [1.807, 2.05) is 281 Å². The molecule has 694 valence electrons. The predicted octanol–water partition coefficient (Wildman–Crippen LogP) is 13.5. The summed E-state index contributed by atoms with van der Waals surface area (Å²) in [6.45, 7) is 60.3. The zero-order chi connectivity index (χ0) is 93.4. The van der Waals surface area contributed by atoms with Gasteiger partial charge in [0.2, 0.25) is 0 Å². The lowest BCUT2D eigenvalue weighted by Gasteiger charge is -2.30. The molecule has 0 aliphatic carbocycles. The number of carbonyl (C=O) groups is 10. The van der Waals surface area contributed by atoms with Crippen molar-refractivity contribution >= 4 is 59.3 Å². The SMILES string of the molecule is CCC(C)(C)C(=O)OC(C)C.CCC(C)(C)C(=O)OC(C)C.CCC(C)(C)C(=O)OC(C)C.CCC(C)(C)C(=O)OCCO.CCC(C)(C)C(=O)OCCO.CCC(C)(C)C(=O)OCC[N+](C)(C)C.CCC(C)(C)C(=O)OCC[N+](C)(C)Cc1ccc(C(=O)c2ccccc2)cc1.CCC(C)(C)C(=O)Oc1ccc(C(=O)c2ccccc2)cc1.[Br-].[Cl-]. The number of halogens is 2. The van der Waals surface area contributed by atoms with Crippen molar-refractivity contribution in [2.45, 2.75) is 284 Å². The minimum absolute atomic E-state index is 0. The van der Waals surface area contributed by atoms with Crippen molar-refractivity contribution in [3.05, 3.63) is 137 Å². The van der Waals surface area contributed by atoms with Gasteiger partial charge in [-0.25, -0.2) is 0 Å². The molecule has 0 saturated heterocycles. The molecule has 22 nitrogen and oxygen atoms in total. The molecule has 0 heterocycles. The maximum Gasteiger partial charge on any atom is 0.316 e. The van der Waals surface area contributed by atoms with Gasteiger partial charge in [0.05, 0.1) is 110 Å². The van der Waals surface area contributed by atoms with Crippen LogP contribution in [-0.4, -0.2) is 185 Å². The van der Waals surface area contributed by atoms with Crippen LogP contribution in [0, 0.1) is 43.3 Å². The van der Waals surface area contributed by atoms with Gasteiger partial charge >= 0.3 is 47.8 Å². The van der Waals surface area contributed by atoms with E-state index in [2.05, 4.69) is 35.2 Å². The third-order valence-electron chi connectivity index (χ3n) is 20.3. The Morgan fingerprint density at radius 2 is 0.537 bits per heavy atom. The Morgan fingerprint density at radius 3 is 0.777 bits per heavy atom. The molecule has 4 rings (SSSR count). The normalized spacial score (nSPS) is 11.5. The van der Waals surface area contributed by atoms with Gasteiger partial charge in [-0.05, 0) is 228 Å². The van der Waals surface area contributed by atoms with E-state index >= 15 is 0 Å². The second-order valence-electron chi connectivity index (χ2n) is 37.1. The van der Waals surface area contributed by atoms with Crippen LogP contribution in [0.2, 0.25) is 0 Å². The minimum Gasteiger partial charge on any atom is -1.00 e. The number of nitrogens with zero attached hydrogens (tertiary/aromatic N) is 2. The second-order valence-corrected chi connectivity index (χ2v) is 37.1. The van der Waals surface area contributed by atoms with Crippen LogP contribution < -0.4 is 34.1 Å². The van der Waals surface area contributed by atoms with E-state index in [0.29, 0.717) is 52.1 Å². The van der Waals surface area contributed by atoms with E-state index < -0.39 is 21.7 Å². The van der Waals surface area contributed by atoms with Crippen LogP contribution in [0.5, 0.6) is 5.75 Å². The molecule has 2 N–H and O–H groups in total. The molecule has 0 bridgehead atoms. The van der Waals surface area contributed by atoms with Gasteiger partial charge in [-0.2, -0.15) is 0 Å². The van der Waals surface area contributed by atoms with Gasteiger partial charge in [0.15, 0.2) is 11.6 Å². The topological polar surface area (TPSA) is 285 Å². The molecule has 0 amide bonds. The Hall–Kier alpha value is -7.41. The fraction of sp³-hybridized carbons (Fsp3) is 0.649. The first-order chi connectivity index (χ1) is 54.5. The van der Waals surface area contributed by atoms with Crippen molar-refractivity contribution in [3.63, 3.8) is 0 Å². The summed E-state index contributed by atoms with van der Waals surface area (Å²) in [5.41, 5.74) is 0.624.